The van der Waals surface area contributed by atoms with Crippen LogP contribution in [-0.2, 0) is 16.1 Å². The first-order valence-corrected chi connectivity index (χ1v) is 10.4. The van der Waals surface area contributed by atoms with Crippen LogP contribution in [0.15, 0.2) is 42.5 Å². The zero-order valence-electron chi connectivity index (χ0n) is 18.2. The number of nitrogens with one attached hydrogen (secondary N) is 1. The van der Waals surface area contributed by atoms with Gasteiger partial charge in [-0.2, -0.15) is 0 Å². The molecule has 0 aromatic heterocycles. The van der Waals surface area contributed by atoms with Gasteiger partial charge in [0.2, 0.25) is 11.7 Å². The molecule has 0 radical (unpaired) electrons. The van der Waals surface area contributed by atoms with Gasteiger partial charge in [0.1, 0.15) is 11.8 Å². The Morgan fingerprint density at radius 1 is 1.25 bits per heavy atom. The van der Waals surface area contributed by atoms with Crippen LogP contribution in [0.3, 0.4) is 0 Å². The Morgan fingerprint density at radius 2 is 1.97 bits per heavy atom. The Bertz CT molecular complexity index is 968. The van der Waals surface area contributed by atoms with Crippen molar-refractivity contribution in [3.63, 3.8) is 0 Å². The van der Waals surface area contributed by atoms with Gasteiger partial charge in [-0.3, -0.25) is 19.7 Å². The number of carbonyl (C=O) groups is 2. The van der Waals surface area contributed by atoms with Gasteiger partial charge in [0, 0.05) is 30.2 Å². The number of nitrogens with zero attached hydrogens (tertiary/aromatic N) is 2. The van der Waals surface area contributed by atoms with E-state index in [1.807, 2.05) is 6.92 Å². The first-order valence-electron chi connectivity index (χ1n) is 10.0. The van der Waals surface area contributed by atoms with Crippen LogP contribution >= 0.6 is 11.6 Å². The minimum absolute atomic E-state index is 0.0141. The van der Waals surface area contributed by atoms with Gasteiger partial charge in [0.05, 0.1) is 12.0 Å². The number of benzene rings is 2. The highest BCUT2D eigenvalue weighted by atomic mass is 35.5. The number of nitro benzene ring substituents is 1. The van der Waals surface area contributed by atoms with E-state index in [4.69, 9.17) is 21.1 Å². The molecule has 10 heteroatoms. The van der Waals surface area contributed by atoms with Crippen molar-refractivity contribution < 1.29 is 24.0 Å². The number of amides is 2. The molecule has 2 aromatic rings. The van der Waals surface area contributed by atoms with Crippen molar-refractivity contribution >= 4 is 29.1 Å². The topological polar surface area (TPSA) is 111 Å². The standard InChI is InChI=1S/C22H26ClN3O6/c1-4-11-24-22(28)15(2)25(13-16-7-5-6-8-18(16)23)21(27)14-32-17-9-10-19(26(29)30)20(12-17)31-3/h5-10,12,15H,4,11,13-14H2,1-3H3,(H,24,28)/t15-/m1/s1. The van der Waals surface area contributed by atoms with Crippen molar-refractivity contribution in [2.24, 2.45) is 0 Å². The van der Waals surface area contributed by atoms with Crippen LogP contribution in [0.5, 0.6) is 11.5 Å². The minimum atomic E-state index is -0.764. The van der Waals surface area contributed by atoms with Gasteiger partial charge < -0.3 is 19.7 Å². The van der Waals surface area contributed by atoms with Gasteiger partial charge in [-0.15, -0.1) is 0 Å². The van der Waals surface area contributed by atoms with Gasteiger partial charge in [-0.1, -0.05) is 36.7 Å². The van der Waals surface area contributed by atoms with Crippen molar-refractivity contribution in [2.75, 3.05) is 20.3 Å². The number of carbonyl (C=O) groups excluding carboxylic acids is 2. The van der Waals surface area contributed by atoms with Crippen LogP contribution in [0.4, 0.5) is 5.69 Å². The lowest BCUT2D eigenvalue weighted by atomic mass is 10.1. The third-order valence-electron chi connectivity index (χ3n) is 4.73. The Hall–Kier alpha value is -3.33. The van der Waals surface area contributed by atoms with E-state index in [9.17, 15) is 19.7 Å². The van der Waals surface area contributed by atoms with E-state index < -0.39 is 16.9 Å². The molecule has 0 saturated heterocycles. The molecule has 2 amide bonds. The van der Waals surface area contributed by atoms with Crippen LogP contribution in [0.2, 0.25) is 5.02 Å². The molecule has 0 aliphatic heterocycles. The fourth-order valence-electron chi connectivity index (χ4n) is 2.92. The Kier molecular flexibility index (Phi) is 9.27. The molecule has 2 aromatic carbocycles. The lowest BCUT2D eigenvalue weighted by Gasteiger charge is -2.29. The molecule has 9 nitrogen and oxygen atoms in total. The molecule has 1 atom stereocenters. The monoisotopic (exact) mass is 463 g/mol. The summed E-state index contributed by atoms with van der Waals surface area (Å²) < 4.78 is 10.6. The second-order valence-electron chi connectivity index (χ2n) is 6.96. The summed E-state index contributed by atoms with van der Waals surface area (Å²) >= 11 is 6.25. The van der Waals surface area contributed by atoms with Gasteiger partial charge in [0.25, 0.3) is 5.91 Å². The Balaban J connectivity index is 2.19. The molecule has 0 saturated carbocycles. The Labute approximate surface area is 191 Å². The lowest BCUT2D eigenvalue weighted by Crippen LogP contribution is -2.49. The number of methoxy groups -OCH3 is 1. The van der Waals surface area contributed by atoms with E-state index in [1.54, 1.807) is 31.2 Å². The van der Waals surface area contributed by atoms with Crippen LogP contribution in [0.1, 0.15) is 25.8 Å². The highest BCUT2D eigenvalue weighted by molar-refractivity contribution is 6.31. The summed E-state index contributed by atoms with van der Waals surface area (Å²) in [7, 11) is 1.30. The van der Waals surface area contributed by atoms with Crippen molar-refractivity contribution in [3.8, 4) is 11.5 Å². The fourth-order valence-corrected chi connectivity index (χ4v) is 3.11. The zero-order valence-corrected chi connectivity index (χ0v) is 18.9. The van der Waals surface area contributed by atoms with Crippen LogP contribution < -0.4 is 14.8 Å². The summed E-state index contributed by atoms with van der Waals surface area (Å²) in [5.74, 6) is -0.493. The summed E-state index contributed by atoms with van der Waals surface area (Å²) in [5, 5.41) is 14.3. The second-order valence-corrected chi connectivity index (χ2v) is 7.37. The maximum atomic E-state index is 13.0. The third kappa shape index (κ3) is 6.58. The average molecular weight is 464 g/mol. The number of halogens is 1. The highest BCUT2D eigenvalue weighted by Crippen LogP contribution is 2.30. The molecule has 0 aliphatic carbocycles. The third-order valence-corrected chi connectivity index (χ3v) is 5.09. The molecule has 0 spiro atoms. The van der Waals surface area contributed by atoms with Gasteiger partial charge in [0.15, 0.2) is 6.61 Å². The van der Waals surface area contributed by atoms with Crippen molar-refractivity contribution in [2.45, 2.75) is 32.9 Å². The van der Waals surface area contributed by atoms with Gasteiger partial charge in [-0.25, -0.2) is 0 Å². The number of hydrogen-bond donors (Lipinski definition) is 1. The molecule has 0 aliphatic rings. The fraction of sp³-hybridized carbons (Fsp3) is 0.364. The molecule has 0 fully saturated rings. The average Bonchev–Trinajstić information content (AvgIpc) is 2.79. The lowest BCUT2D eigenvalue weighted by molar-refractivity contribution is -0.385. The number of hydrogen-bond acceptors (Lipinski definition) is 6. The number of rotatable bonds is 11. The summed E-state index contributed by atoms with van der Waals surface area (Å²) in [6.07, 6.45) is 0.766. The van der Waals surface area contributed by atoms with Gasteiger partial charge >= 0.3 is 5.69 Å². The van der Waals surface area contributed by atoms with Crippen LogP contribution in [0.25, 0.3) is 0 Å². The summed E-state index contributed by atoms with van der Waals surface area (Å²) in [5.41, 5.74) is 0.474. The summed E-state index contributed by atoms with van der Waals surface area (Å²) in [6.45, 7) is 3.80. The maximum absolute atomic E-state index is 13.0. The van der Waals surface area contributed by atoms with Gasteiger partial charge in [-0.05, 0) is 31.0 Å². The minimum Gasteiger partial charge on any atom is -0.490 e. The molecule has 1 N–H and O–H groups in total. The van der Waals surface area contributed by atoms with E-state index >= 15 is 0 Å². The maximum Gasteiger partial charge on any atom is 0.311 e. The number of nitro groups is 1. The quantitative estimate of drug-likeness (QED) is 0.402. The summed E-state index contributed by atoms with van der Waals surface area (Å²) in [4.78, 5) is 37.4. The SMILES string of the molecule is CCCNC(=O)[C@@H](C)N(Cc1ccccc1Cl)C(=O)COc1ccc([N+](=O)[O-])c(OC)c1. The zero-order chi connectivity index (χ0) is 23.7. The van der Waals surface area contributed by atoms with Crippen molar-refractivity contribution in [1.82, 2.24) is 10.2 Å². The highest BCUT2D eigenvalue weighted by Gasteiger charge is 2.27. The second kappa shape index (κ2) is 11.9. The molecule has 0 heterocycles. The molecule has 172 valence electrons. The number of ether oxygens (including phenoxy) is 2. The van der Waals surface area contributed by atoms with Crippen LogP contribution in [-0.4, -0.2) is 47.9 Å². The van der Waals surface area contributed by atoms with Crippen LogP contribution in [0, 0.1) is 10.1 Å². The Morgan fingerprint density at radius 3 is 2.59 bits per heavy atom. The molecular weight excluding hydrogens is 438 g/mol. The first kappa shape index (κ1) is 24.9. The molecule has 0 bridgehead atoms. The van der Waals surface area contributed by atoms with E-state index in [0.29, 0.717) is 17.1 Å². The predicted molar refractivity (Wildman–Crippen MR) is 120 cm³/mol. The molecular formula is C22H26ClN3O6. The van der Waals surface area contributed by atoms with E-state index in [2.05, 4.69) is 5.32 Å². The molecule has 32 heavy (non-hydrogen) atoms. The van der Waals surface area contributed by atoms with Crippen molar-refractivity contribution in [3.05, 3.63) is 63.2 Å². The normalized spacial score (nSPS) is 11.4. The predicted octanol–water partition coefficient (Wildman–Crippen LogP) is 3.58. The van der Waals surface area contributed by atoms with E-state index in [-0.39, 0.29) is 36.2 Å². The van der Waals surface area contributed by atoms with E-state index in [0.717, 1.165) is 6.42 Å². The smallest absolute Gasteiger partial charge is 0.311 e. The largest absolute Gasteiger partial charge is 0.490 e. The summed E-state index contributed by atoms with van der Waals surface area (Å²) in [6, 6.07) is 10.3. The van der Waals surface area contributed by atoms with E-state index in [1.165, 1.54) is 30.2 Å². The molecule has 0 unspecified atom stereocenters. The molecule has 2 rings (SSSR count). The first-order chi connectivity index (χ1) is 15.3. The van der Waals surface area contributed by atoms with Crippen molar-refractivity contribution in [1.29, 1.82) is 0 Å².